The van der Waals surface area contributed by atoms with E-state index in [1.165, 1.54) is 6.07 Å². The summed E-state index contributed by atoms with van der Waals surface area (Å²) in [6, 6.07) is 7.91. The summed E-state index contributed by atoms with van der Waals surface area (Å²) in [7, 11) is 1.55. The molecular weight excluding hydrogens is 389 g/mol. The topological polar surface area (TPSA) is 51.0 Å². The number of nitrogens with one attached hydrogen (secondary N) is 1. The maximum Gasteiger partial charge on any atom is 0.418 e. The number of methoxy groups -OCH3 is 1. The summed E-state index contributed by atoms with van der Waals surface area (Å²) in [5, 5.41) is 0.701. The molecule has 0 unspecified atom stereocenters. The molecule has 150 valence electrons. The molecule has 0 saturated heterocycles. The Morgan fingerprint density at radius 2 is 1.89 bits per heavy atom. The minimum Gasteiger partial charge on any atom is -0.496 e. The zero-order chi connectivity index (χ0) is 20.5. The zero-order valence-electron chi connectivity index (χ0n) is 15.7. The molecule has 0 aliphatic rings. The molecule has 0 bridgehead atoms. The van der Waals surface area contributed by atoms with Gasteiger partial charge in [-0.15, -0.1) is 0 Å². The van der Waals surface area contributed by atoms with E-state index in [0.29, 0.717) is 40.4 Å². The van der Waals surface area contributed by atoms with E-state index in [4.69, 9.17) is 22.1 Å². The van der Waals surface area contributed by atoms with Crippen LogP contribution in [0.15, 0.2) is 30.3 Å². The van der Waals surface area contributed by atoms with E-state index < -0.39 is 11.7 Å². The number of hydrogen-bond acceptors (Lipinski definition) is 2. The summed E-state index contributed by atoms with van der Waals surface area (Å²) in [4.78, 5) is 3.01. The van der Waals surface area contributed by atoms with Crippen molar-refractivity contribution in [3.05, 3.63) is 52.0 Å². The van der Waals surface area contributed by atoms with Gasteiger partial charge in [-0.05, 0) is 62.1 Å². The molecule has 0 aliphatic heterocycles. The van der Waals surface area contributed by atoms with Crippen molar-refractivity contribution in [3.63, 3.8) is 0 Å². The molecule has 0 radical (unpaired) electrons. The largest absolute Gasteiger partial charge is 0.496 e. The minimum atomic E-state index is -4.49. The van der Waals surface area contributed by atoms with Gasteiger partial charge in [0.05, 0.1) is 28.9 Å². The van der Waals surface area contributed by atoms with E-state index in [9.17, 15) is 13.2 Å². The fourth-order valence-corrected chi connectivity index (χ4v) is 3.88. The maximum atomic E-state index is 13.6. The predicted octanol–water partition coefficient (Wildman–Crippen LogP) is 6.11. The molecule has 28 heavy (non-hydrogen) atoms. The lowest BCUT2D eigenvalue weighted by Gasteiger charge is -2.12. The van der Waals surface area contributed by atoms with E-state index in [1.807, 2.05) is 25.1 Å². The number of para-hydroxylation sites is 1. The number of benzene rings is 2. The number of ether oxygens (including phenoxy) is 1. The number of fused-ring (bicyclic) bond motifs is 1. The molecule has 3 rings (SSSR count). The van der Waals surface area contributed by atoms with Gasteiger partial charge in [-0.25, -0.2) is 0 Å². The Bertz CT molecular complexity index is 995. The summed E-state index contributed by atoms with van der Waals surface area (Å²) in [5.74, 6) is 0.624. The highest BCUT2D eigenvalue weighted by Crippen LogP contribution is 2.44. The molecule has 1 heterocycles. The van der Waals surface area contributed by atoms with Gasteiger partial charge in [-0.3, -0.25) is 0 Å². The lowest BCUT2D eigenvalue weighted by molar-refractivity contribution is -0.136. The first-order valence-electron chi connectivity index (χ1n) is 9.03. The number of hydrogen-bond donors (Lipinski definition) is 2. The quantitative estimate of drug-likeness (QED) is 0.482. The number of aromatic amines is 1. The van der Waals surface area contributed by atoms with E-state index in [0.717, 1.165) is 30.0 Å². The van der Waals surface area contributed by atoms with Crippen LogP contribution in [-0.4, -0.2) is 18.6 Å². The average molecular weight is 411 g/mol. The first kappa shape index (κ1) is 20.6. The third-order valence-electron chi connectivity index (χ3n) is 4.88. The van der Waals surface area contributed by atoms with Crippen molar-refractivity contribution < 1.29 is 17.9 Å². The standard InChI is InChI=1S/C21H22ClF3N2O/c1-12-6-5-8-14(20(12)28-2)18-13(7-3-4-11-26)17-16(22)10-9-15(19(17)27-18)21(23,24)25/h5-6,8-10,27H,3-4,7,11,26H2,1-2H3. The van der Waals surface area contributed by atoms with Crippen LogP contribution in [-0.2, 0) is 12.6 Å². The van der Waals surface area contributed by atoms with Gasteiger partial charge in [-0.1, -0.05) is 23.7 Å². The number of halogens is 4. The number of H-pyrrole nitrogens is 1. The fourth-order valence-electron chi connectivity index (χ4n) is 3.61. The SMILES string of the molecule is COc1c(C)cccc1-c1[nH]c2c(C(F)(F)F)ccc(Cl)c2c1CCCCN. The van der Waals surface area contributed by atoms with E-state index in [2.05, 4.69) is 4.98 Å². The summed E-state index contributed by atoms with van der Waals surface area (Å²) in [6.45, 7) is 2.42. The Labute approximate surface area is 166 Å². The van der Waals surface area contributed by atoms with Crippen LogP contribution in [0.4, 0.5) is 13.2 Å². The molecule has 1 aromatic heterocycles. The predicted molar refractivity (Wildman–Crippen MR) is 107 cm³/mol. The molecule has 0 atom stereocenters. The van der Waals surface area contributed by atoms with Gasteiger partial charge in [0.15, 0.2) is 0 Å². The van der Waals surface area contributed by atoms with E-state index in [1.54, 1.807) is 7.11 Å². The number of unbranched alkanes of at least 4 members (excludes halogenated alkanes) is 1. The van der Waals surface area contributed by atoms with Crippen molar-refractivity contribution in [1.82, 2.24) is 4.98 Å². The minimum absolute atomic E-state index is 0.00121. The number of rotatable bonds is 6. The van der Waals surface area contributed by atoms with Crippen molar-refractivity contribution in [3.8, 4) is 17.0 Å². The van der Waals surface area contributed by atoms with Crippen LogP contribution in [0.3, 0.4) is 0 Å². The maximum absolute atomic E-state index is 13.6. The smallest absolute Gasteiger partial charge is 0.418 e. The Morgan fingerprint density at radius 1 is 1.14 bits per heavy atom. The molecule has 0 saturated carbocycles. The molecule has 3 N–H and O–H groups in total. The molecule has 0 spiro atoms. The van der Waals surface area contributed by atoms with Crippen molar-refractivity contribution in [2.45, 2.75) is 32.4 Å². The summed E-state index contributed by atoms with van der Waals surface area (Å²) in [6.07, 6.45) is -2.41. The van der Waals surface area contributed by atoms with Crippen LogP contribution in [0.1, 0.15) is 29.5 Å². The Balaban J connectivity index is 2.34. The summed E-state index contributed by atoms with van der Waals surface area (Å²) >= 11 is 6.36. The average Bonchev–Trinajstić information content (AvgIpc) is 3.01. The normalized spacial score (nSPS) is 12.0. The first-order chi connectivity index (χ1) is 13.3. The van der Waals surface area contributed by atoms with E-state index >= 15 is 0 Å². The first-order valence-corrected chi connectivity index (χ1v) is 9.41. The molecule has 0 fully saturated rings. The Morgan fingerprint density at radius 3 is 2.54 bits per heavy atom. The van der Waals surface area contributed by atoms with Crippen LogP contribution in [0, 0.1) is 6.92 Å². The number of nitrogens with two attached hydrogens (primary N) is 1. The van der Waals surface area contributed by atoms with Crippen molar-refractivity contribution in [2.24, 2.45) is 5.73 Å². The van der Waals surface area contributed by atoms with Crippen molar-refractivity contribution >= 4 is 22.5 Å². The summed E-state index contributed by atoms with van der Waals surface area (Å²) in [5.41, 5.74) is 7.84. The second-order valence-electron chi connectivity index (χ2n) is 6.72. The van der Waals surface area contributed by atoms with Gasteiger partial charge in [0.2, 0.25) is 0 Å². The molecular formula is C21H22ClF3N2O. The van der Waals surface area contributed by atoms with Gasteiger partial charge >= 0.3 is 6.18 Å². The fraction of sp³-hybridized carbons (Fsp3) is 0.333. The van der Waals surface area contributed by atoms with Gasteiger partial charge < -0.3 is 15.5 Å². The van der Waals surface area contributed by atoms with Crippen LogP contribution in [0.25, 0.3) is 22.2 Å². The molecule has 3 aromatic rings. The third kappa shape index (κ3) is 3.71. The monoisotopic (exact) mass is 410 g/mol. The van der Waals surface area contributed by atoms with Gasteiger partial charge in [0.1, 0.15) is 5.75 Å². The zero-order valence-corrected chi connectivity index (χ0v) is 16.5. The highest BCUT2D eigenvalue weighted by Gasteiger charge is 2.35. The second-order valence-corrected chi connectivity index (χ2v) is 7.13. The second kappa shape index (κ2) is 8.05. The molecule has 2 aromatic carbocycles. The van der Waals surface area contributed by atoms with Gasteiger partial charge in [-0.2, -0.15) is 13.2 Å². The van der Waals surface area contributed by atoms with Gasteiger partial charge in [0, 0.05) is 10.9 Å². The van der Waals surface area contributed by atoms with E-state index in [-0.39, 0.29) is 5.52 Å². The van der Waals surface area contributed by atoms with Crippen LogP contribution < -0.4 is 10.5 Å². The molecule has 0 aliphatic carbocycles. The molecule has 7 heteroatoms. The lowest BCUT2D eigenvalue weighted by atomic mass is 9.97. The number of aromatic nitrogens is 1. The molecule has 3 nitrogen and oxygen atoms in total. The Hall–Kier alpha value is -2.18. The van der Waals surface area contributed by atoms with Crippen LogP contribution in [0.5, 0.6) is 5.75 Å². The highest BCUT2D eigenvalue weighted by molar-refractivity contribution is 6.36. The lowest BCUT2D eigenvalue weighted by Crippen LogP contribution is -2.05. The molecule has 0 amide bonds. The third-order valence-corrected chi connectivity index (χ3v) is 5.19. The summed E-state index contributed by atoms with van der Waals surface area (Å²) < 4.78 is 46.4. The number of aryl methyl sites for hydroxylation is 2. The highest BCUT2D eigenvalue weighted by atomic mass is 35.5. The van der Waals surface area contributed by atoms with Crippen LogP contribution >= 0.6 is 11.6 Å². The van der Waals surface area contributed by atoms with Gasteiger partial charge in [0.25, 0.3) is 0 Å². The number of alkyl halides is 3. The Kier molecular flexibility index (Phi) is 5.91. The van der Waals surface area contributed by atoms with Crippen LogP contribution in [0.2, 0.25) is 5.02 Å². The van der Waals surface area contributed by atoms with Crippen molar-refractivity contribution in [1.29, 1.82) is 0 Å². The van der Waals surface area contributed by atoms with Crippen molar-refractivity contribution in [2.75, 3.05) is 13.7 Å².